The normalized spacial score (nSPS) is 30.3. The van der Waals surface area contributed by atoms with Crippen LogP contribution in [0.5, 0.6) is 5.88 Å². The predicted molar refractivity (Wildman–Crippen MR) is 121 cm³/mol. The monoisotopic (exact) mass is 475 g/mol. The molecule has 33 heavy (non-hydrogen) atoms. The lowest BCUT2D eigenvalue weighted by molar-refractivity contribution is 0.102. The molecule has 3 N–H and O–H groups in total. The van der Waals surface area contributed by atoms with Crippen molar-refractivity contribution in [3.05, 3.63) is 47.7 Å². The molecular formula is C22H26FN5O4S. The van der Waals surface area contributed by atoms with Crippen LogP contribution in [0.4, 0.5) is 10.1 Å². The molecule has 2 aliphatic heterocycles. The molecule has 1 saturated heterocycles. The summed E-state index contributed by atoms with van der Waals surface area (Å²) >= 11 is 0. The summed E-state index contributed by atoms with van der Waals surface area (Å²) < 4.78 is 44.8. The van der Waals surface area contributed by atoms with Gasteiger partial charge in [-0.1, -0.05) is 0 Å². The topological polar surface area (TPSA) is 137 Å². The van der Waals surface area contributed by atoms with Gasteiger partial charge in [-0.05, 0) is 58.2 Å². The first kappa shape index (κ1) is 23.1. The Kier molecular flexibility index (Phi) is 5.23. The van der Waals surface area contributed by atoms with Gasteiger partial charge in [-0.3, -0.25) is 9.79 Å². The zero-order chi connectivity index (χ0) is 24.2. The zero-order valence-corrected chi connectivity index (χ0v) is 19.7. The number of methoxy groups -OCH3 is 1. The number of ether oxygens (including phenoxy) is 1. The fourth-order valence-electron chi connectivity index (χ4n) is 4.83. The Bertz CT molecular complexity index is 1270. The van der Waals surface area contributed by atoms with Gasteiger partial charge >= 0.3 is 0 Å². The van der Waals surface area contributed by atoms with Crippen LogP contribution in [-0.4, -0.2) is 46.7 Å². The smallest absolute Gasteiger partial charge is 0.275 e. The number of anilines is 1. The first-order chi connectivity index (χ1) is 15.4. The average Bonchev–Trinajstić information content (AvgIpc) is 2.78. The van der Waals surface area contributed by atoms with Gasteiger partial charge in [0.15, 0.2) is 9.84 Å². The predicted octanol–water partition coefficient (Wildman–Crippen LogP) is 2.58. The average molecular weight is 476 g/mol. The minimum absolute atomic E-state index is 0.0236. The van der Waals surface area contributed by atoms with Gasteiger partial charge in [-0.2, -0.15) is 0 Å². The van der Waals surface area contributed by atoms with Gasteiger partial charge in [0.25, 0.3) is 5.91 Å². The van der Waals surface area contributed by atoms with Crippen molar-refractivity contribution in [3.63, 3.8) is 0 Å². The summed E-state index contributed by atoms with van der Waals surface area (Å²) in [5, 5.41) is 2.65. The Morgan fingerprint density at radius 1 is 1.18 bits per heavy atom. The van der Waals surface area contributed by atoms with E-state index < -0.39 is 36.6 Å². The number of carbonyl (C=O) groups is 1. The van der Waals surface area contributed by atoms with E-state index in [1.165, 1.54) is 37.7 Å². The second-order valence-electron chi connectivity index (χ2n) is 8.98. The number of sulfone groups is 1. The second kappa shape index (κ2) is 7.47. The number of hydrogen-bond acceptors (Lipinski definition) is 8. The number of aromatic nitrogens is 2. The van der Waals surface area contributed by atoms with Crippen molar-refractivity contribution in [2.24, 2.45) is 10.7 Å². The molecule has 0 radical (unpaired) electrons. The molecule has 3 atom stereocenters. The fraction of sp³-hybridized carbons (Fsp3) is 0.455. The molecular weight excluding hydrogens is 449 g/mol. The van der Waals surface area contributed by atoms with Crippen LogP contribution < -0.4 is 15.8 Å². The maximum atomic E-state index is 15.2. The molecule has 2 aliphatic rings. The van der Waals surface area contributed by atoms with E-state index >= 15 is 4.39 Å². The van der Waals surface area contributed by atoms with E-state index in [-0.39, 0.29) is 28.7 Å². The highest BCUT2D eigenvalue weighted by Crippen LogP contribution is 2.56. The molecule has 0 aliphatic carbocycles. The quantitative estimate of drug-likeness (QED) is 0.693. The zero-order valence-electron chi connectivity index (χ0n) is 18.8. The van der Waals surface area contributed by atoms with Crippen molar-refractivity contribution < 1.29 is 22.3 Å². The Morgan fingerprint density at radius 2 is 1.91 bits per heavy atom. The summed E-state index contributed by atoms with van der Waals surface area (Å²) in [6, 6.07) is 3.96. The van der Waals surface area contributed by atoms with Crippen molar-refractivity contribution >= 4 is 27.3 Å². The molecule has 9 nitrogen and oxygen atoms in total. The largest absolute Gasteiger partial charge is 0.480 e. The molecule has 0 spiro atoms. The first-order valence-electron chi connectivity index (χ1n) is 10.5. The van der Waals surface area contributed by atoms with Crippen LogP contribution >= 0.6 is 0 Å². The Morgan fingerprint density at radius 3 is 2.55 bits per heavy atom. The number of benzene rings is 1. The second-order valence-corrected chi connectivity index (χ2v) is 11.8. The highest BCUT2D eigenvalue weighted by atomic mass is 32.2. The lowest BCUT2D eigenvalue weighted by Gasteiger charge is -2.55. The molecule has 0 unspecified atom stereocenters. The van der Waals surface area contributed by atoms with Crippen molar-refractivity contribution in [1.82, 2.24) is 9.97 Å². The Labute approximate surface area is 191 Å². The molecule has 1 fully saturated rings. The molecule has 0 saturated carbocycles. The van der Waals surface area contributed by atoms with Crippen molar-refractivity contribution in [1.29, 1.82) is 0 Å². The summed E-state index contributed by atoms with van der Waals surface area (Å²) in [4.78, 5) is 25.1. The lowest BCUT2D eigenvalue weighted by atomic mass is 9.74. The summed E-state index contributed by atoms with van der Waals surface area (Å²) in [5.74, 6) is -0.972. The minimum atomic E-state index is -3.81. The molecule has 11 heteroatoms. The van der Waals surface area contributed by atoms with E-state index in [0.717, 1.165) is 0 Å². The van der Waals surface area contributed by atoms with Crippen molar-refractivity contribution in [3.8, 4) is 5.88 Å². The third-order valence-electron chi connectivity index (χ3n) is 7.23. The van der Waals surface area contributed by atoms with Gasteiger partial charge in [-0.25, -0.2) is 22.8 Å². The molecule has 1 aromatic carbocycles. The van der Waals surface area contributed by atoms with E-state index in [0.29, 0.717) is 19.3 Å². The van der Waals surface area contributed by atoms with Crippen LogP contribution in [0.2, 0.25) is 0 Å². The van der Waals surface area contributed by atoms with Gasteiger partial charge in [0.1, 0.15) is 27.6 Å². The maximum Gasteiger partial charge on any atom is 0.275 e. The maximum absolute atomic E-state index is 15.2. The van der Waals surface area contributed by atoms with E-state index in [9.17, 15) is 13.2 Å². The fourth-order valence-corrected chi connectivity index (χ4v) is 7.65. The Balaban J connectivity index is 1.77. The molecule has 4 rings (SSSR count). The van der Waals surface area contributed by atoms with Crippen LogP contribution in [-0.2, 0) is 15.4 Å². The van der Waals surface area contributed by atoms with Crippen LogP contribution in [0.1, 0.15) is 56.1 Å². The number of nitrogens with one attached hydrogen (secondary N) is 1. The van der Waals surface area contributed by atoms with Gasteiger partial charge in [0, 0.05) is 11.3 Å². The van der Waals surface area contributed by atoms with Gasteiger partial charge in [-0.15, -0.1) is 0 Å². The third-order valence-corrected chi connectivity index (χ3v) is 10.6. The number of nitrogens with two attached hydrogens (primary N) is 1. The summed E-state index contributed by atoms with van der Waals surface area (Å²) in [5.41, 5.74) is 5.04. The SMILES string of the molecule is COc1cnc(C(=O)Nc2ccc(F)c([C@@]3(C)N=C(N)[C@@]4(C)CCC[C@]3(C)S4(=O)=O)c2)cn1. The van der Waals surface area contributed by atoms with Gasteiger partial charge < -0.3 is 15.8 Å². The molecule has 1 aromatic heterocycles. The standard InChI is InChI=1S/C22H26FN5O4S/c1-20-8-5-9-21(2,33(20,30)31)22(3,28-19(20)24)14-10-13(6-7-15(14)23)27-18(29)16-11-26-17(32-4)12-25-16/h6-7,10-12H,5,8-9H2,1-4H3,(H2,24,28)(H,27,29)/t20-,21+,22-/m1/s1. The number of rotatable bonds is 4. The lowest BCUT2D eigenvalue weighted by Crippen LogP contribution is -2.69. The molecule has 176 valence electrons. The molecule has 1 amide bonds. The van der Waals surface area contributed by atoms with Crippen LogP contribution in [0.3, 0.4) is 0 Å². The van der Waals surface area contributed by atoms with Gasteiger partial charge in [0.2, 0.25) is 5.88 Å². The summed E-state index contributed by atoms with van der Waals surface area (Å²) in [6.07, 6.45) is 3.86. The number of halogens is 1. The van der Waals surface area contributed by atoms with E-state index in [4.69, 9.17) is 10.5 Å². The third kappa shape index (κ3) is 3.12. The number of nitrogens with zero attached hydrogens (tertiary/aromatic N) is 3. The summed E-state index contributed by atoms with van der Waals surface area (Å²) in [6.45, 7) is 4.77. The molecule has 3 heterocycles. The number of amidine groups is 1. The summed E-state index contributed by atoms with van der Waals surface area (Å²) in [7, 11) is -2.38. The first-order valence-corrected chi connectivity index (χ1v) is 12.0. The van der Waals surface area contributed by atoms with Crippen LogP contribution in [0, 0.1) is 5.82 Å². The van der Waals surface area contributed by atoms with Gasteiger partial charge in [0.05, 0.1) is 24.3 Å². The highest BCUT2D eigenvalue weighted by molar-refractivity contribution is 7.95. The van der Waals surface area contributed by atoms with E-state index in [2.05, 4.69) is 20.3 Å². The van der Waals surface area contributed by atoms with Crippen molar-refractivity contribution in [2.75, 3.05) is 12.4 Å². The van der Waals surface area contributed by atoms with Crippen LogP contribution in [0.25, 0.3) is 0 Å². The van der Waals surface area contributed by atoms with E-state index in [1.807, 2.05) is 0 Å². The number of amides is 1. The highest BCUT2D eigenvalue weighted by Gasteiger charge is 2.67. The molecule has 2 bridgehead atoms. The Hall–Kier alpha value is -3.08. The number of fused-ring (bicyclic) bond motifs is 2. The van der Waals surface area contributed by atoms with E-state index in [1.54, 1.807) is 20.8 Å². The van der Waals surface area contributed by atoms with Crippen LogP contribution in [0.15, 0.2) is 35.6 Å². The number of aliphatic imine (C=N–C) groups is 1. The molecule has 2 aromatic rings. The number of hydrogen-bond donors (Lipinski definition) is 2. The minimum Gasteiger partial charge on any atom is -0.480 e. The number of carbonyl (C=O) groups excluding carboxylic acids is 1. The van der Waals surface area contributed by atoms with Crippen molar-refractivity contribution in [2.45, 2.75) is 55.1 Å².